The quantitative estimate of drug-likeness (QED) is 0.626. The Morgan fingerprint density at radius 1 is 1.04 bits per heavy atom. The van der Waals surface area contributed by atoms with E-state index < -0.39 is 18.0 Å². The molecular formula is C17H13FN4O2S. The van der Waals surface area contributed by atoms with E-state index in [-0.39, 0.29) is 11.7 Å². The number of thioether (sulfide) groups is 1. The van der Waals surface area contributed by atoms with E-state index in [1.807, 2.05) is 12.3 Å². The minimum Gasteiger partial charge on any atom is -0.271 e. The first-order valence-corrected chi connectivity index (χ1v) is 8.80. The van der Waals surface area contributed by atoms with Crippen LogP contribution in [0.2, 0.25) is 0 Å². The fourth-order valence-corrected chi connectivity index (χ4v) is 3.42. The van der Waals surface area contributed by atoms with Crippen LogP contribution in [0, 0.1) is 5.82 Å². The van der Waals surface area contributed by atoms with Crippen LogP contribution in [0.1, 0.15) is 0 Å². The minimum atomic E-state index is -0.879. The number of halogens is 1. The number of carbonyl (C=O) groups is 2. The van der Waals surface area contributed by atoms with Gasteiger partial charge in [-0.05, 0) is 48.7 Å². The number of fused-ring (bicyclic) bond motifs is 1. The average molecular weight is 356 g/mol. The molecule has 1 fully saturated rings. The molecule has 2 atom stereocenters. The first-order chi connectivity index (χ1) is 12.1. The number of hydrogen-bond acceptors (Lipinski definition) is 6. The lowest BCUT2D eigenvalue weighted by molar-refractivity contribution is -0.121. The van der Waals surface area contributed by atoms with Gasteiger partial charge >= 0.3 is 0 Å². The molecule has 1 saturated heterocycles. The summed E-state index contributed by atoms with van der Waals surface area (Å²) >= 11 is 1.53. The van der Waals surface area contributed by atoms with Crippen LogP contribution in [-0.4, -0.2) is 30.2 Å². The number of carbonyl (C=O) groups excluding carboxylic acids is 2. The molecule has 126 valence electrons. The Hall–Kier alpha value is -2.74. The van der Waals surface area contributed by atoms with E-state index in [1.165, 1.54) is 41.0 Å². The molecule has 2 aliphatic rings. The lowest BCUT2D eigenvalue weighted by Crippen LogP contribution is -2.39. The third kappa shape index (κ3) is 2.49. The molecule has 2 aromatic carbocycles. The SMILES string of the molecule is CSc1cccc(N2C(=O)C3N=NN(c4ccc(F)cc4)C3C2=O)c1. The van der Waals surface area contributed by atoms with Crippen molar-refractivity contribution in [2.24, 2.45) is 10.3 Å². The number of hydrogen-bond donors (Lipinski definition) is 0. The topological polar surface area (TPSA) is 65.3 Å². The maximum atomic E-state index is 13.1. The first-order valence-electron chi connectivity index (χ1n) is 7.57. The van der Waals surface area contributed by atoms with Crippen molar-refractivity contribution < 1.29 is 14.0 Å². The van der Waals surface area contributed by atoms with Crippen LogP contribution >= 0.6 is 11.8 Å². The summed E-state index contributed by atoms with van der Waals surface area (Å²) in [5.74, 6) is -1.18. The Morgan fingerprint density at radius 3 is 2.52 bits per heavy atom. The van der Waals surface area contributed by atoms with Gasteiger partial charge in [0.15, 0.2) is 12.1 Å². The maximum Gasteiger partial charge on any atom is 0.263 e. The zero-order valence-electron chi connectivity index (χ0n) is 13.2. The first kappa shape index (κ1) is 15.8. The van der Waals surface area contributed by atoms with Crippen molar-refractivity contribution in [2.75, 3.05) is 16.2 Å². The highest BCUT2D eigenvalue weighted by atomic mass is 32.2. The number of amides is 2. The molecule has 0 saturated carbocycles. The summed E-state index contributed by atoms with van der Waals surface area (Å²) in [5.41, 5.74) is 1.03. The van der Waals surface area contributed by atoms with Crippen molar-refractivity contribution in [3.63, 3.8) is 0 Å². The number of anilines is 2. The third-order valence-electron chi connectivity index (χ3n) is 4.18. The minimum absolute atomic E-state index is 0.387. The molecule has 8 heteroatoms. The van der Waals surface area contributed by atoms with Gasteiger partial charge in [-0.3, -0.25) is 9.59 Å². The summed E-state index contributed by atoms with van der Waals surface area (Å²) in [7, 11) is 0. The van der Waals surface area contributed by atoms with Crippen LogP contribution in [0.5, 0.6) is 0 Å². The van der Waals surface area contributed by atoms with Gasteiger partial charge in [0.25, 0.3) is 11.8 Å². The summed E-state index contributed by atoms with van der Waals surface area (Å²) in [6.45, 7) is 0. The molecule has 0 bridgehead atoms. The Bertz CT molecular complexity index is 886. The predicted molar refractivity (Wildman–Crippen MR) is 92.0 cm³/mol. The summed E-state index contributed by atoms with van der Waals surface area (Å²) < 4.78 is 13.1. The van der Waals surface area contributed by atoms with Gasteiger partial charge in [-0.25, -0.2) is 14.3 Å². The van der Waals surface area contributed by atoms with Crippen LogP contribution in [0.3, 0.4) is 0 Å². The molecule has 0 spiro atoms. The van der Waals surface area contributed by atoms with Crippen LogP contribution in [-0.2, 0) is 9.59 Å². The zero-order chi connectivity index (χ0) is 17.6. The van der Waals surface area contributed by atoms with Crippen molar-refractivity contribution in [2.45, 2.75) is 17.0 Å². The van der Waals surface area contributed by atoms with Crippen molar-refractivity contribution >= 4 is 35.0 Å². The number of nitrogens with zero attached hydrogens (tertiary/aromatic N) is 4. The van der Waals surface area contributed by atoms with Gasteiger partial charge in [0.1, 0.15) is 5.82 Å². The average Bonchev–Trinajstić information content (AvgIpc) is 3.16. The van der Waals surface area contributed by atoms with Crippen LogP contribution < -0.4 is 9.91 Å². The summed E-state index contributed by atoms with van der Waals surface area (Å²) in [6.07, 6.45) is 1.92. The molecule has 2 unspecified atom stereocenters. The lowest BCUT2D eigenvalue weighted by atomic mass is 10.1. The van der Waals surface area contributed by atoms with Gasteiger partial charge in [-0.15, -0.1) is 11.8 Å². The molecule has 0 aromatic heterocycles. The molecule has 4 rings (SSSR count). The number of rotatable bonds is 3. The second-order valence-corrected chi connectivity index (χ2v) is 6.51. The van der Waals surface area contributed by atoms with E-state index in [0.717, 1.165) is 9.80 Å². The van der Waals surface area contributed by atoms with Gasteiger partial charge < -0.3 is 0 Å². The summed E-state index contributed by atoms with van der Waals surface area (Å²) in [6, 6.07) is 11.1. The Labute approximate surface area is 147 Å². The normalized spacial score (nSPS) is 22.0. The predicted octanol–water partition coefficient (Wildman–Crippen LogP) is 3.05. The Kier molecular flexibility index (Phi) is 3.76. The third-order valence-corrected chi connectivity index (χ3v) is 4.91. The molecule has 2 aromatic rings. The van der Waals surface area contributed by atoms with Gasteiger partial charge in [-0.1, -0.05) is 11.3 Å². The maximum absolute atomic E-state index is 13.1. The van der Waals surface area contributed by atoms with E-state index in [1.54, 1.807) is 18.2 Å². The fourth-order valence-electron chi connectivity index (χ4n) is 2.97. The van der Waals surface area contributed by atoms with E-state index in [4.69, 9.17) is 0 Å². The van der Waals surface area contributed by atoms with Gasteiger partial charge in [0.05, 0.1) is 11.4 Å². The van der Waals surface area contributed by atoms with E-state index in [0.29, 0.717) is 11.4 Å². The largest absolute Gasteiger partial charge is 0.271 e. The summed E-state index contributed by atoms with van der Waals surface area (Å²) in [5, 5.41) is 9.29. The Balaban J connectivity index is 1.69. The van der Waals surface area contributed by atoms with E-state index in [2.05, 4.69) is 10.3 Å². The second kappa shape index (κ2) is 5.96. The Morgan fingerprint density at radius 2 is 1.80 bits per heavy atom. The molecule has 6 nitrogen and oxygen atoms in total. The monoisotopic (exact) mass is 356 g/mol. The summed E-state index contributed by atoms with van der Waals surface area (Å²) in [4.78, 5) is 27.7. The molecule has 0 radical (unpaired) electrons. The number of imide groups is 1. The van der Waals surface area contributed by atoms with Crippen LogP contribution in [0.4, 0.5) is 15.8 Å². The number of benzene rings is 2. The van der Waals surface area contributed by atoms with Crippen molar-refractivity contribution in [3.05, 3.63) is 54.3 Å². The fraction of sp³-hybridized carbons (Fsp3) is 0.176. The van der Waals surface area contributed by atoms with E-state index in [9.17, 15) is 14.0 Å². The highest BCUT2D eigenvalue weighted by Crippen LogP contribution is 2.35. The highest BCUT2D eigenvalue weighted by molar-refractivity contribution is 7.98. The van der Waals surface area contributed by atoms with Crippen molar-refractivity contribution in [1.29, 1.82) is 0 Å². The van der Waals surface area contributed by atoms with Gasteiger partial charge in [-0.2, -0.15) is 5.11 Å². The van der Waals surface area contributed by atoms with Gasteiger partial charge in [0.2, 0.25) is 0 Å². The van der Waals surface area contributed by atoms with Crippen molar-refractivity contribution in [3.8, 4) is 0 Å². The zero-order valence-corrected chi connectivity index (χ0v) is 14.0. The highest BCUT2D eigenvalue weighted by Gasteiger charge is 2.55. The molecule has 2 heterocycles. The van der Waals surface area contributed by atoms with Gasteiger partial charge in [0, 0.05) is 4.90 Å². The molecule has 2 amide bonds. The molecule has 0 N–H and O–H groups in total. The van der Waals surface area contributed by atoms with Crippen molar-refractivity contribution in [1.82, 2.24) is 0 Å². The smallest absolute Gasteiger partial charge is 0.263 e. The molecular weight excluding hydrogens is 343 g/mol. The standard InChI is InChI=1S/C17H13FN4O2S/c1-25-13-4-2-3-12(9-13)21-16(23)14-15(17(21)24)22(20-19-14)11-7-5-10(18)6-8-11/h2-9,14-15H,1H3. The van der Waals surface area contributed by atoms with E-state index >= 15 is 0 Å². The lowest BCUT2D eigenvalue weighted by Gasteiger charge is -2.20. The molecule has 25 heavy (non-hydrogen) atoms. The van der Waals surface area contributed by atoms with Crippen LogP contribution in [0.25, 0.3) is 0 Å². The molecule has 0 aliphatic carbocycles. The molecule has 2 aliphatic heterocycles. The second-order valence-electron chi connectivity index (χ2n) is 5.63. The van der Waals surface area contributed by atoms with Crippen LogP contribution in [0.15, 0.2) is 63.8 Å².